The van der Waals surface area contributed by atoms with Crippen molar-refractivity contribution in [3.8, 4) is 0 Å². The molecule has 0 aromatic carbocycles. The van der Waals surface area contributed by atoms with Crippen molar-refractivity contribution in [3.63, 3.8) is 0 Å². The Hall–Kier alpha value is -2.78. The normalized spacial score (nSPS) is 19.5. The van der Waals surface area contributed by atoms with Gasteiger partial charge < -0.3 is 9.80 Å². The molecule has 144 valence electrons. The van der Waals surface area contributed by atoms with E-state index in [9.17, 15) is 9.59 Å². The highest BCUT2D eigenvalue weighted by molar-refractivity contribution is 5.94. The number of hydrogen-bond acceptors (Lipinski definition) is 6. The average molecular weight is 372 g/mol. The van der Waals surface area contributed by atoms with Crippen molar-refractivity contribution < 1.29 is 9.59 Å². The zero-order valence-corrected chi connectivity index (χ0v) is 15.7. The molecule has 2 fully saturated rings. The van der Waals surface area contributed by atoms with E-state index in [0.29, 0.717) is 37.6 Å². The molecule has 0 spiro atoms. The van der Waals surface area contributed by atoms with Crippen LogP contribution >= 0.6 is 0 Å². The largest absolute Gasteiger partial charge is 0.335 e. The van der Waals surface area contributed by atoms with Crippen LogP contribution in [0.4, 0.5) is 0 Å². The van der Waals surface area contributed by atoms with Gasteiger partial charge in [-0.1, -0.05) is 10.4 Å². The fourth-order valence-corrected chi connectivity index (χ4v) is 3.74. The van der Waals surface area contributed by atoms with Crippen molar-refractivity contribution in [3.05, 3.63) is 23.8 Å². The molecule has 4 rings (SSSR count). The topological polar surface area (TPSA) is 102 Å². The lowest BCUT2D eigenvalue weighted by atomic mass is 10.2. The number of carbonyl (C=O) groups is 2. The molecule has 0 bridgehead atoms. The molecule has 2 amide bonds. The van der Waals surface area contributed by atoms with Gasteiger partial charge >= 0.3 is 0 Å². The first-order valence-corrected chi connectivity index (χ1v) is 9.52. The van der Waals surface area contributed by atoms with Crippen LogP contribution in [0.5, 0.6) is 0 Å². The van der Waals surface area contributed by atoms with Gasteiger partial charge in [-0.25, -0.2) is 9.36 Å². The van der Waals surface area contributed by atoms with E-state index in [1.165, 1.54) is 12.4 Å². The van der Waals surface area contributed by atoms with Gasteiger partial charge in [-0.3, -0.25) is 9.59 Å². The van der Waals surface area contributed by atoms with Gasteiger partial charge in [0.05, 0.1) is 18.4 Å². The molecule has 1 unspecified atom stereocenters. The van der Waals surface area contributed by atoms with Crippen LogP contribution < -0.4 is 0 Å². The molecular formula is C17H24N8O2. The lowest BCUT2D eigenvalue weighted by Crippen LogP contribution is -2.45. The molecule has 0 N–H and O–H groups in total. The predicted octanol–water partition coefficient (Wildman–Crippen LogP) is 0.429. The first-order valence-electron chi connectivity index (χ1n) is 9.52. The third kappa shape index (κ3) is 3.19. The Labute approximate surface area is 157 Å². The lowest BCUT2D eigenvalue weighted by Gasteiger charge is -2.29. The maximum absolute atomic E-state index is 13.2. The molecule has 2 aromatic rings. The third-order valence-corrected chi connectivity index (χ3v) is 5.29. The van der Waals surface area contributed by atoms with E-state index in [4.69, 9.17) is 0 Å². The standard InChI is InChI=1S/C17H24N8O2/c1-3-23-14(9-18-20-23)16(26)22-8-7-13(11-22)25(12-5-6-12)17(27)15-10-19-21-24(15)4-2/h9-10,12-13H,3-8,11H2,1-2H3. The van der Waals surface area contributed by atoms with E-state index >= 15 is 0 Å². The minimum Gasteiger partial charge on any atom is -0.335 e. The maximum Gasteiger partial charge on any atom is 0.274 e. The summed E-state index contributed by atoms with van der Waals surface area (Å²) in [6.45, 7) is 6.22. The molecule has 1 saturated carbocycles. The minimum atomic E-state index is -0.0761. The van der Waals surface area contributed by atoms with Crippen molar-refractivity contribution >= 4 is 11.8 Å². The first kappa shape index (κ1) is 17.6. The second kappa shape index (κ2) is 7.09. The number of hydrogen-bond donors (Lipinski definition) is 0. The van der Waals surface area contributed by atoms with Gasteiger partial charge in [-0.2, -0.15) is 0 Å². The van der Waals surface area contributed by atoms with E-state index in [1.54, 1.807) is 14.3 Å². The summed E-state index contributed by atoms with van der Waals surface area (Å²) in [5.41, 5.74) is 1.01. The number of aryl methyl sites for hydroxylation is 2. The molecule has 0 radical (unpaired) electrons. The van der Waals surface area contributed by atoms with Gasteiger partial charge in [0, 0.05) is 32.2 Å². The molecule has 1 atom stereocenters. The second-order valence-electron chi connectivity index (χ2n) is 7.01. The average Bonchev–Trinajstić information content (AvgIpc) is 3.12. The maximum atomic E-state index is 13.2. The van der Waals surface area contributed by atoms with Crippen LogP contribution in [-0.4, -0.2) is 76.8 Å². The van der Waals surface area contributed by atoms with Gasteiger partial charge in [0.15, 0.2) is 0 Å². The SMILES string of the molecule is CCn1nncc1C(=O)N1CCC(N(C(=O)c2cnnn2CC)C2CC2)C1. The Kier molecular flexibility index (Phi) is 4.63. The summed E-state index contributed by atoms with van der Waals surface area (Å²) in [6.07, 6.45) is 5.83. The molecule has 10 heteroatoms. The van der Waals surface area contributed by atoms with Gasteiger partial charge in [0.25, 0.3) is 11.8 Å². The Morgan fingerprint density at radius 1 is 1.00 bits per heavy atom. The van der Waals surface area contributed by atoms with Crippen LogP contribution in [-0.2, 0) is 13.1 Å². The predicted molar refractivity (Wildman–Crippen MR) is 94.9 cm³/mol. The molecular weight excluding hydrogens is 348 g/mol. The smallest absolute Gasteiger partial charge is 0.274 e. The highest BCUT2D eigenvalue weighted by atomic mass is 16.2. The van der Waals surface area contributed by atoms with E-state index in [0.717, 1.165) is 19.3 Å². The van der Waals surface area contributed by atoms with Crippen molar-refractivity contribution in [2.75, 3.05) is 13.1 Å². The molecule has 2 aliphatic rings. The van der Waals surface area contributed by atoms with Gasteiger partial charge in [-0.05, 0) is 33.1 Å². The monoisotopic (exact) mass is 372 g/mol. The van der Waals surface area contributed by atoms with E-state index in [1.807, 2.05) is 18.7 Å². The highest BCUT2D eigenvalue weighted by Gasteiger charge is 2.42. The first-order chi connectivity index (χ1) is 13.1. The fraction of sp³-hybridized carbons (Fsp3) is 0.647. The number of carbonyl (C=O) groups excluding carboxylic acids is 2. The van der Waals surface area contributed by atoms with Crippen molar-refractivity contribution in [2.24, 2.45) is 0 Å². The van der Waals surface area contributed by atoms with Crippen LogP contribution in [0.1, 0.15) is 54.1 Å². The molecule has 27 heavy (non-hydrogen) atoms. The van der Waals surface area contributed by atoms with Gasteiger partial charge in [0.1, 0.15) is 11.4 Å². The molecule has 2 aromatic heterocycles. The second-order valence-corrected chi connectivity index (χ2v) is 7.01. The molecule has 3 heterocycles. The lowest BCUT2D eigenvalue weighted by molar-refractivity contribution is 0.0628. The molecule has 1 saturated heterocycles. The summed E-state index contributed by atoms with van der Waals surface area (Å²) in [5, 5.41) is 15.6. The van der Waals surface area contributed by atoms with Crippen LogP contribution in [0.2, 0.25) is 0 Å². The molecule has 10 nitrogen and oxygen atoms in total. The van der Waals surface area contributed by atoms with E-state index in [2.05, 4.69) is 20.6 Å². The Morgan fingerprint density at radius 2 is 1.63 bits per heavy atom. The third-order valence-electron chi connectivity index (χ3n) is 5.29. The fourth-order valence-electron chi connectivity index (χ4n) is 3.74. The summed E-state index contributed by atoms with van der Waals surface area (Å²) in [5.74, 6) is -0.114. The molecule has 1 aliphatic carbocycles. The van der Waals surface area contributed by atoms with Crippen molar-refractivity contribution in [1.82, 2.24) is 39.8 Å². The van der Waals surface area contributed by atoms with Crippen molar-refractivity contribution in [1.29, 1.82) is 0 Å². The van der Waals surface area contributed by atoms with Crippen LogP contribution in [0.3, 0.4) is 0 Å². The highest BCUT2D eigenvalue weighted by Crippen LogP contribution is 2.33. The molecule has 1 aliphatic heterocycles. The summed E-state index contributed by atoms with van der Waals surface area (Å²) in [4.78, 5) is 29.7. The van der Waals surface area contributed by atoms with E-state index < -0.39 is 0 Å². The zero-order valence-electron chi connectivity index (χ0n) is 15.7. The number of aromatic nitrogens is 6. The zero-order chi connectivity index (χ0) is 19.0. The summed E-state index contributed by atoms with van der Waals surface area (Å²) < 4.78 is 3.23. The van der Waals surface area contributed by atoms with Gasteiger partial charge in [-0.15, -0.1) is 10.2 Å². The summed E-state index contributed by atoms with van der Waals surface area (Å²) in [6, 6.07) is 0.265. The Morgan fingerprint density at radius 3 is 2.26 bits per heavy atom. The number of rotatable bonds is 6. The number of likely N-dealkylation sites (tertiary alicyclic amines) is 1. The number of amides is 2. The Balaban J connectivity index is 1.51. The van der Waals surface area contributed by atoms with Crippen LogP contribution in [0.15, 0.2) is 12.4 Å². The van der Waals surface area contributed by atoms with Crippen LogP contribution in [0.25, 0.3) is 0 Å². The summed E-state index contributed by atoms with van der Waals surface area (Å²) >= 11 is 0. The van der Waals surface area contributed by atoms with Gasteiger partial charge in [0.2, 0.25) is 0 Å². The summed E-state index contributed by atoms with van der Waals surface area (Å²) in [7, 11) is 0. The van der Waals surface area contributed by atoms with Crippen molar-refractivity contribution in [2.45, 2.75) is 58.3 Å². The quantitative estimate of drug-likeness (QED) is 0.729. The Bertz CT molecular complexity index is 840. The van der Waals surface area contributed by atoms with E-state index in [-0.39, 0.29) is 23.9 Å². The number of nitrogens with zero attached hydrogens (tertiary/aromatic N) is 8. The van der Waals surface area contributed by atoms with Crippen LogP contribution in [0, 0.1) is 0 Å². The minimum absolute atomic E-state index is 0.0140.